The summed E-state index contributed by atoms with van der Waals surface area (Å²) in [6.07, 6.45) is 4.30. The van der Waals surface area contributed by atoms with Crippen molar-refractivity contribution in [2.45, 2.75) is 51.7 Å². The molecule has 2 rings (SSSR count). The summed E-state index contributed by atoms with van der Waals surface area (Å²) in [5, 5.41) is 9.04. The van der Waals surface area contributed by atoms with E-state index < -0.39 is 5.97 Å². The van der Waals surface area contributed by atoms with Gasteiger partial charge in [0.15, 0.2) is 0 Å². The lowest BCUT2D eigenvalue weighted by Gasteiger charge is -2.35. The Labute approximate surface area is 101 Å². The number of aliphatic carboxylic acids is 1. The van der Waals surface area contributed by atoms with Gasteiger partial charge in [-0.3, -0.25) is 4.79 Å². The topological polar surface area (TPSA) is 37.3 Å². The summed E-state index contributed by atoms with van der Waals surface area (Å²) in [5.74, 6) is -0.318. The molecule has 0 saturated heterocycles. The van der Waals surface area contributed by atoms with Crippen molar-refractivity contribution in [3.8, 4) is 0 Å². The molecule has 3 heteroatoms. The normalized spacial score (nSPS) is 32.7. The standard InChI is InChI=1S/C13H20O2S/c1-4-10-9-7-13(2,3)6-5-8(9)11(16-10)12(14)15/h8,11H,4-7H2,1-3H3,(H,14,15). The van der Waals surface area contributed by atoms with Gasteiger partial charge in [0.2, 0.25) is 0 Å². The fourth-order valence-electron chi connectivity index (χ4n) is 2.94. The van der Waals surface area contributed by atoms with Crippen LogP contribution in [0.15, 0.2) is 10.5 Å². The van der Waals surface area contributed by atoms with Crippen LogP contribution in [-0.4, -0.2) is 16.3 Å². The van der Waals surface area contributed by atoms with E-state index in [0.717, 1.165) is 25.7 Å². The van der Waals surface area contributed by atoms with Gasteiger partial charge >= 0.3 is 5.97 Å². The average Bonchev–Trinajstić information content (AvgIpc) is 2.54. The monoisotopic (exact) mass is 240 g/mol. The number of carbonyl (C=O) groups is 1. The molecule has 0 aromatic heterocycles. The number of carboxylic acid groups (broad SMARTS) is 1. The van der Waals surface area contributed by atoms with Crippen molar-refractivity contribution >= 4 is 17.7 Å². The number of hydrogen-bond acceptors (Lipinski definition) is 2. The molecule has 2 atom stereocenters. The van der Waals surface area contributed by atoms with Gasteiger partial charge in [-0.05, 0) is 36.0 Å². The molecule has 0 aromatic rings. The number of thioether (sulfide) groups is 1. The van der Waals surface area contributed by atoms with E-state index in [1.54, 1.807) is 11.8 Å². The van der Waals surface area contributed by atoms with Gasteiger partial charge in [0.1, 0.15) is 5.25 Å². The second-order valence-corrected chi connectivity index (χ2v) is 6.90. The van der Waals surface area contributed by atoms with Crippen molar-refractivity contribution in [1.29, 1.82) is 0 Å². The van der Waals surface area contributed by atoms with Crippen LogP contribution in [0, 0.1) is 11.3 Å². The van der Waals surface area contributed by atoms with Crippen LogP contribution >= 0.6 is 11.8 Å². The number of carboxylic acids is 1. The van der Waals surface area contributed by atoms with Gasteiger partial charge in [0.05, 0.1) is 0 Å². The molecule has 0 spiro atoms. The maximum atomic E-state index is 11.2. The van der Waals surface area contributed by atoms with E-state index >= 15 is 0 Å². The van der Waals surface area contributed by atoms with Crippen LogP contribution in [0.5, 0.6) is 0 Å². The Morgan fingerprint density at radius 1 is 1.56 bits per heavy atom. The quantitative estimate of drug-likeness (QED) is 0.800. The fourth-order valence-corrected chi connectivity index (χ4v) is 4.35. The summed E-state index contributed by atoms with van der Waals surface area (Å²) >= 11 is 1.60. The van der Waals surface area contributed by atoms with Crippen molar-refractivity contribution in [2.24, 2.45) is 11.3 Å². The molecule has 90 valence electrons. The van der Waals surface area contributed by atoms with E-state index in [2.05, 4.69) is 20.8 Å². The van der Waals surface area contributed by atoms with Crippen molar-refractivity contribution in [2.75, 3.05) is 0 Å². The fraction of sp³-hybridized carbons (Fsp3) is 0.769. The van der Waals surface area contributed by atoms with Gasteiger partial charge in [-0.2, -0.15) is 0 Å². The number of rotatable bonds is 2. The average molecular weight is 240 g/mol. The van der Waals surface area contributed by atoms with Crippen LogP contribution in [0.3, 0.4) is 0 Å². The lowest BCUT2D eigenvalue weighted by Crippen LogP contribution is -2.30. The van der Waals surface area contributed by atoms with Gasteiger partial charge in [-0.25, -0.2) is 0 Å². The molecule has 1 fully saturated rings. The smallest absolute Gasteiger partial charge is 0.317 e. The van der Waals surface area contributed by atoms with Crippen LogP contribution in [0.25, 0.3) is 0 Å². The minimum atomic E-state index is -0.629. The Balaban J connectivity index is 2.26. The zero-order chi connectivity index (χ0) is 11.9. The van der Waals surface area contributed by atoms with Gasteiger partial charge in [-0.15, -0.1) is 11.8 Å². The van der Waals surface area contributed by atoms with Crippen LogP contribution in [0.2, 0.25) is 0 Å². The summed E-state index contributed by atoms with van der Waals surface area (Å²) in [4.78, 5) is 12.6. The maximum Gasteiger partial charge on any atom is 0.317 e. The molecule has 0 bridgehead atoms. The van der Waals surface area contributed by atoms with Crippen molar-refractivity contribution in [3.63, 3.8) is 0 Å². The highest BCUT2D eigenvalue weighted by molar-refractivity contribution is 8.04. The van der Waals surface area contributed by atoms with Gasteiger partial charge < -0.3 is 5.11 Å². The van der Waals surface area contributed by atoms with Crippen molar-refractivity contribution < 1.29 is 9.90 Å². The Hall–Kier alpha value is -0.440. The zero-order valence-electron chi connectivity index (χ0n) is 10.2. The first-order valence-corrected chi connectivity index (χ1v) is 6.94. The molecule has 0 radical (unpaired) electrons. The highest BCUT2D eigenvalue weighted by atomic mass is 32.2. The van der Waals surface area contributed by atoms with Gasteiger partial charge in [-0.1, -0.05) is 26.3 Å². The summed E-state index contributed by atoms with van der Waals surface area (Å²) in [7, 11) is 0. The third-order valence-corrected chi connectivity index (χ3v) is 5.43. The molecule has 2 aliphatic rings. The van der Waals surface area contributed by atoms with Crippen molar-refractivity contribution in [3.05, 3.63) is 10.5 Å². The molecule has 0 aromatic carbocycles. The second kappa shape index (κ2) is 4.10. The summed E-state index contributed by atoms with van der Waals surface area (Å²) < 4.78 is 0. The summed E-state index contributed by atoms with van der Waals surface area (Å²) in [6.45, 7) is 6.72. The zero-order valence-corrected chi connectivity index (χ0v) is 11.1. The molecule has 2 nitrogen and oxygen atoms in total. The molecule has 0 amide bonds. The number of allylic oxidation sites excluding steroid dienone is 2. The molecule has 16 heavy (non-hydrogen) atoms. The Morgan fingerprint density at radius 2 is 2.25 bits per heavy atom. The second-order valence-electron chi connectivity index (χ2n) is 5.66. The van der Waals surface area contributed by atoms with E-state index in [0.29, 0.717) is 11.3 Å². The highest BCUT2D eigenvalue weighted by Gasteiger charge is 2.44. The third-order valence-electron chi connectivity index (χ3n) is 3.81. The number of fused-ring (bicyclic) bond motifs is 1. The molecule has 1 aliphatic carbocycles. The predicted molar refractivity (Wildman–Crippen MR) is 67.5 cm³/mol. The van der Waals surface area contributed by atoms with E-state index in [-0.39, 0.29) is 5.25 Å². The Bertz CT molecular complexity index is 344. The first-order chi connectivity index (χ1) is 7.44. The molecule has 1 aliphatic heterocycles. The third kappa shape index (κ3) is 2.02. The SMILES string of the molecule is CCC1=C2CC(C)(C)CCC2C(C(=O)O)S1. The van der Waals surface area contributed by atoms with E-state index in [1.807, 2.05) is 0 Å². The minimum absolute atomic E-state index is 0.207. The van der Waals surface area contributed by atoms with E-state index in [4.69, 9.17) is 0 Å². The minimum Gasteiger partial charge on any atom is -0.480 e. The largest absolute Gasteiger partial charge is 0.480 e. The molecule has 1 heterocycles. The summed E-state index contributed by atoms with van der Waals surface area (Å²) in [6, 6.07) is 0. The van der Waals surface area contributed by atoms with Crippen LogP contribution in [-0.2, 0) is 4.79 Å². The molecule has 1 N–H and O–H groups in total. The molecular formula is C13H20O2S. The van der Waals surface area contributed by atoms with Crippen LogP contribution in [0.1, 0.15) is 46.5 Å². The molecular weight excluding hydrogens is 220 g/mol. The first kappa shape index (κ1) is 12.0. The number of hydrogen-bond donors (Lipinski definition) is 1. The van der Waals surface area contributed by atoms with Crippen LogP contribution in [0.4, 0.5) is 0 Å². The van der Waals surface area contributed by atoms with E-state index in [9.17, 15) is 9.90 Å². The van der Waals surface area contributed by atoms with E-state index in [1.165, 1.54) is 10.5 Å². The first-order valence-electron chi connectivity index (χ1n) is 6.06. The predicted octanol–water partition coefficient (Wildman–Crippen LogP) is 3.68. The maximum absolute atomic E-state index is 11.2. The van der Waals surface area contributed by atoms with Crippen molar-refractivity contribution in [1.82, 2.24) is 0 Å². The summed E-state index contributed by atoms with van der Waals surface area (Å²) in [5.41, 5.74) is 1.82. The lowest BCUT2D eigenvalue weighted by molar-refractivity contribution is -0.137. The van der Waals surface area contributed by atoms with Gasteiger partial charge in [0, 0.05) is 5.92 Å². The Kier molecular flexibility index (Phi) is 3.08. The lowest BCUT2D eigenvalue weighted by atomic mass is 9.69. The highest BCUT2D eigenvalue weighted by Crippen LogP contribution is 2.54. The van der Waals surface area contributed by atoms with Crippen LogP contribution < -0.4 is 0 Å². The van der Waals surface area contributed by atoms with Gasteiger partial charge in [0.25, 0.3) is 0 Å². The Morgan fingerprint density at radius 3 is 2.81 bits per heavy atom. The molecule has 2 unspecified atom stereocenters. The molecule has 1 saturated carbocycles.